The van der Waals surface area contributed by atoms with Gasteiger partial charge in [-0.1, -0.05) is 43.3 Å². The van der Waals surface area contributed by atoms with Gasteiger partial charge in [-0.25, -0.2) is 4.79 Å². The monoisotopic (exact) mass is 342 g/mol. The van der Waals surface area contributed by atoms with Crippen molar-refractivity contribution >= 4 is 6.03 Å². The fourth-order valence-corrected chi connectivity index (χ4v) is 2.43. The second-order valence-electron chi connectivity index (χ2n) is 6.11. The number of carbonyl (C=O) groups excluding carboxylic acids is 1. The second-order valence-corrected chi connectivity index (χ2v) is 6.11. The molecule has 1 atom stereocenters. The molecule has 0 aliphatic rings. The molecule has 2 rings (SSSR count). The average Bonchev–Trinajstić information content (AvgIpc) is 2.65. The quantitative estimate of drug-likeness (QED) is 0.690. The van der Waals surface area contributed by atoms with Gasteiger partial charge < -0.3 is 20.5 Å². The minimum absolute atomic E-state index is 0.144. The van der Waals surface area contributed by atoms with E-state index < -0.39 is 0 Å². The number of ether oxygens (including phenoxy) is 1. The smallest absolute Gasteiger partial charge is 0.315 e. The van der Waals surface area contributed by atoms with Crippen molar-refractivity contribution in [1.82, 2.24) is 10.6 Å². The number of aliphatic hydroxyl groups excluding tert-OH is 1. The Hall–Kier alpha value is -2.53. The number of hydrogen-bond acceptors (Lipinski definition) is 3. The van der Waals surface area contributed by atoms with Gasteiger partial charge in [-0.05, 0) is 41.2 Å². The Balaban J connectivity index is 1.82. The Morgan fingerprint density at radius 2 is 1.64 bits per heavy atom. The number of carbonyl (C=O) groups is 1. The predicted molar refractivity (Wildman–Crippen MR) is 99.5 cm³/mol. The first-order valence-corrected chi connectivity index (χ1v) is 8.48. The molecular weight excluding hydrogens is 316 g/mol. The topological polar surface area (TPSA) is 70.6 Å². The van der Waals surface area contributed by atoms with Gasteiger partial charge in [0.15, 0.2) is 0 Å². The van der Waals surface area contributed by atoms with Crippen LogP contribution in [0, 0.1) is 5.92 Å². The van der Waals surface area contributed by atoms with Crippen LogP contribution in [0.1, 0.15) is 18.9 Å². The SMILES string of the molecule is COc1ccc(-c2ccc(CNC(=O)NCC(C)CCO)cc2)cc1. The van der Waals surface area contributed by atoms with Crippen molar-refractivity contribution in [2.24, 2.45) is 5.92 Å². The highest BCUT2D eigenvalue weighted by Crippen LogP contribution is 2.22. The number of urea groups is 1. The molecule has 1 unspecified atom stereocenters. The first-order chi connectivity index (χ1) is 12.1. The molecule has 2 amide bonds. The van der Waals surface area contributed by atoms with Crippen molar-refractivity contribution in [3.63, 3.8) is 0 Å². The van der Waals surface area contributed by atoms with E-state index in [0.717, 1.165) is 22.4 Å². The van der Waals surface area contributed by atoms with E-state index in [0.29, 0.717) is 19.5 Å². The molecule has 0 saturated heterocycles. The Bertz CT molecular complexity index is 654. The molecule has 0 heterocycles. The summed E-state index contributed by atoms with van der Waals surface area (Å²) in [6.07, 6.45) is 0.688. The summed E-state index contributed by atoms with van der Waals surface area (Å²) in [6.45, 7) is 3.17. The summed E-state index contributed by atoms with van der Waals surface area (Å²) in [5.74, 6) is 1.10. The summed E-state index contributed by atoms with van der Waals surface area (Å²) in [5, 5.41) is 14.5. The van der Waals surface area contributed by atoms with Crippen molar-refractivity contribution in [2.45, 2.75) is 19.9 Å². The Kier molecular flexibility index (Phi) is 7.29. The molecule has 5 nitrogen and oxygen atoms in total. The third-order valence-electron chi connectivity index (χ3n) is 4.06. The molecule has 0 saturated carbocycles. The number of methoxy groups -OCH3 is 1. The van der Waals surface area contributed by atoms with Crippen LogP contribution in [-0.2, 0) is 6.54 Å². The number of nitrogens with one attached hydrogen (secondary N) is 2. The molecule has 2 aromatic carbocycles. The molecule has 134 valence electrons. The highest BCUT2D eigenvalue weighted by molar-refractivity contribution is 5.73. The van der Waals surface area contributed by atoms with Gasteiger partial charge in [0.05, 0.1) is 7.11 Å². The third kappa shape index (κ3) is 6.12. The third-order valence-corrected chi connectivity index (χ3v) is 4.06. The summed E-state index contributed by atoms with van der Waals surface area (Å²) in [6, 6.07) is 15.8. The van der Waals surface area contributed by atoms with Gasteiger partial charge in [-0.2, -0.15) is 0 Å². The van der Waals surface area contributed by atoms with Crippen LogP contribution in [0.3, 0.4) is 0 Å². The fraction of sp³-hybridized carbons (Fsp3) is 0.350. The first-order valence-electron chi connectivity index (χ1n) is 8.48. The summed E-state index contributed by atoms with van der Waals surface area (Å²) in [4.78, 5) is 11.8. The minimum Gasteiger partial charge on any atom is -0.497 e. The number of benzene rings is 2. The molecule has 5 heteroatoms. The molecule has 0 fully saturated rings. The van der Waals surface area contributed by atoms with Gasteiger partial charge in [0.25, 0.3) is 0 Å². The van der Waals surface area contributed by atoms with Gasteiger partial charge in [0, 0.05) is 19.7 Å². The molecule has 3 N–H and O–H groups in total. The van der Waals surface area contributed by atoms with Crippen LogP contribution >= 0.6 is 0 Å². The van der Waals surface area contributed by atoms with Crippen LogP contribution in [0.4, 0.5) is 4.79 Å². The molecule has 0 aromatic heterocycles. The maximum Gasteiger partial charge on any atom is 0.315 e. The summed E-state index contributed by atoms with van der Waals surface area (Å²) >= 11 is 0. The maximum atomic E-state index is 11.8. The lowest BCUT2D eigenvalue weighted by atomic mass is 10.0. The van der Waals surface area contributed by atoms with Crippen molar-refractivity contribution in [3.8, 4) is 16.9 Å². The van der Waals surface area contributed by atoms with E-state index in [4.69, 9.17) is 9.84 Å². The zero-order valence-corrected chi connectivity index (χ0v) is 14.8. The van der Waals surface area contributed by atoms with Crippen molar-refractivity contribution in [3.05, 3.63) is 54.1 Å². The Morgan fingerprint density at radius 3 is 2.20 bits per heavy atom. The lowest BCUT2D eigenvalue weighted by Gasteiger charge is -2.12. The van der Waals surface area contributed by atoms with E-state index in [1.807, 2.05) is 55.5 Å². The van der Waals surface area contributed by atoms with E-state index in [2.05, 4.69) is 10.6 Å². The Morgan fingerprint density at radius 1 is 1.04 bits per heavy atom. The lowest BCUT2D eigenvalue weighted by Crippen LogP contribution is -2.37. The maximum absolute atomic E-state index is 11.8. The van der Waals surface area contributed by atoms with Crippen LogP contribution in [-0.4, -0.2) is 31.4 Å². The van der Waals surface area contributed by atoms with Gasteiger partial charge in [-0.15, -0.1) is 0 Å². The van der Waals surface area contributed by atoms with Gasteiger partial charge in [-0.3, -0.25) is 0 Å². The van der Waals surface area contributed by atoms with Crippen LogP contribution in [0.5, 0.6) is 5.75 Å². The van der Waals surface area contributed by atoms with Gasteiger partial charge in [0.2, 0.25) is 0 Å². The zero-order valence-electron chi connectivity index (χ0n) is 14.8. The van der Waals surface area contributed by atoms with E-state index >= 15 is 0 Å². The number of aliphatic hydroxyl groups is 1. The van der Waals surface area contributed by atoms with Crippen molar-refractivity contribution < 1.29 is 14.6 Å². The first kappa shape index (κ1) is 18.8. The van der Waals surface area contributed by atoms with E-state index in [1.54, 1.807) is 7.11 Å². The van der Waals surface area contributed by atoms with Crippen LogP contribution < -0.4 is 15.4 Å². The van der Waals surface area contributed by atoms with Gasteiger partial charge in [0.1, 0.15) is 5.75 Å². The number of rotatable bonds is 8. The second kappa shape index (κ2) is 9.69. The fourth-order valence-electron chi connectivity index (χ4n) is 2.43. The summed E-state index contributed by atoms with van der Waals surface area (Å²) < 4.78 is 5.17. The van der Waals surface area contributed by atoms with Crippen molar-refractivity contribution in [2.75, 3.05) is 20.3 Å². The standard InChI is InChI=1S/C20H26N2O3/c1-15(11-12-23)13-21-20(24)22-14-16-3-5-17(6-4-16)18-7-9-19(25-2)10-8-18/h3-10,15,23H,11-14H2,1-2H3,(H2,21,22,24). The highest BCUT2D eigenvalue weighted by atomic mass is 16.5. The molecule has 0 spiro atoms. The molecule has 2 aromatic rings. The minimum atomic E-state index is -0.191. The highest BCUT2D eigenvalue weighted by Gasteiger charge is 2.05. The molecule has 0 radical (unpaired) electrons. The van der Waals surface area contributed by atoms with E-state index in [1.165, 1.54) is 0 Å². The lowest BCUT2D eigenvalue weighted by molar-refractivity contribution is 0.233. The molecule has 0 aliphatic heterocycles. The molecular formula is C20H26N2O3. The summed E-state index contributed by atoms with van der Waals surface area (Å²) in [7, 11) is 1.65. The van der Waals surface area contributed by atoms with E-state index in [9.17, 15) is 4.79 Å². The predicted octanol–water partition coefficient (Wildman–Crippen LogP) is 3.18. The molecule has 0 aliphatic carbocycles. The van der Waals surface area contributed by atoms with Gasteiger partial charge >= 0.3 is 6.03 Å². The average molecular weight is 342 g/mol. The summed E-state index contributed by atoms with van der Waals surface area (Å²) in [5.41, 5.74) is 3.28. The number of hydrogen-bond donors (Lipinski definition) is 3. The molecule has 0 bridgehead atoms. The van der Waals surface area contributed by atoms with Crippen LogP contribution in [0.15, 0.2) is 48.5 Å². The van der Waals surface area contributed by atoms with Crippen LogP contribution in [0.2, 0.25) is 0 Å². The number of amides is 2. The van der Waals surface area contributed by atoms with Crippen molar-refractivity contribution in [1.29, 1.82) is 0 Å². The van der Waals surface area contributed by atoms with E-state index in [-0.39, 0.29) is 18.6 Å². The molecule has 25 heavy (non-hydrogen) atoms. The largest absolute Gasteiger partial charge is 0.497 e. The normalized spacial score (nSPS) is 11.6. The zero-order chi connectivity index (χ0) is 18.1. The van der Waals surface area contributed by atoms with Crippen LogP contribution in [0.25, 0.3) is 11.1 Å². The Labute approximate surface area is 149 Å².